The minimum Gasteiger partial charge on any atom is -0.481 e. The van der Waals surface area contributed by atoms with Crippen molar-refractivity contribution in [3.8, 4) is 6.07 Å². The number of nitrogens with zero attached hydrogens (tertiary/aromatic N) is 2. The lowest BCUT2D eigenvalue weighted by Gasteiger charge is -2.30. The molecular weight excluding hydrogens is 246 g/mol. The molecule has 0 saturated heterocycles. The van der Waals surface area contributed by atoms with Gasteiger partial charge in [0.2, 0.25) is 0 Å². The first kappa shape index (κ1) is 15.3. The van der Waals surface area contributed by atoms with Crippen LogP contribution in [-0.2, 0) is 4.79 Å². The van der Waals surface area contributed by atoms with Crippen molar-refractivity contribution in [3.05, 3.63) is 0 Å². The quantitative estimate of drug-likeness (QED) is 0.805. The number of rotatable bonds is 4. The van der Waals surface area contributed by atoms with Crippen LogP contribution < -0.4 is 5.32 Å². The summed E-state index contributed by atoms with van der Waals surface area (Å²) in [6, 6.07) is 1.40. The van der Waals surface area contributed by atoms with Crippen molar-refractivity contribution in [2.24, 2.45) is 11.3 Å². The predicted octanol–water partition coefficient (Wildman–Crippen LogP) is 1.43. The van der Waals surface area contributed by atoms with E-state index in [9.17, 15) is 14.7 Å². The third kappa shape index (κ3) is 3.37. The van der Waals surface area contributed by atoms with Crippen LogP contribution in [-0.4, -0.2) is 41.6 Å². The van der Waals surface area contributed by atoms with E-state index in [4.69, 9.17) is 5.26 Å². The number of amides is 2. The summed E-state index contributed by atoms with van der Waals surface area (Å²) < 4.78 is 0. The fourth-order valence-electron chi connectivity index (χ4n) is 2.45. The minimum atomic E-state index is -0.892. The maximum Gasteiger partial charge on any atom is 0.317 e. The van der Waals surface area contributed by atoms with E-state index >= 15 is 0 Å². The number of carboxylic acid groups (broad SMARTS) is 1. The SMILES string of the molecule is CC(C#N)CN(C)C(=O)NC1CCCC1(C)C(=O)O. The molecule has 0 heterocycles. The molecule has 0 bridgehead atoms. The Bertz CT molecular complexity index is 404. The van der Waals surface area contributed by atoms with Gasteiger partial charge in [-0.2, -0.15) is 5.26 Å². The average Bonchev–Trinajstić information content (AvgIpc) is 2.72. The first-order valence-corrected chi connectivity index (χ1v) is 6.46. The van der Waals surface area contributed by atoms with Crippen molar-refractivity contribution in [2.45, 2.75) is 39.2 Å². The highest BCUT2D eigenvalue weighted by molar-refractivity contribution is 5.79. The maximum absolute atomic E-state index is 12.0. The van der Waals surface area contributed by atoms with E-state index in [1.807, 2.05) is 0 Å². The van der Waals surface area contributed by atoms with E-state index in [2.05, 4.69) is 11.4 Å². The van der Waals surface area contributed by atoms with Crippen LogP contribution in [0.3, 0.4) is 0 Å². The molecule has 0 aromatic heterocycles. The van der Waals surface area contributed by atoms with Gasteiger partial charge < -0.3 is 15.3 Å². The summed E-state index contributed by atoms with van der Waals surface area (Å²) in [5.41, 5.74) is -0.892. The Morgan fingerprint density at radius 3 is 2.79 bits per heavy atom. The number of hydrogen-bond acceptors (Lipinski definition) is 3. The molecule has 0 aromatic rings. The monoisotopic (exact) mass is 267 g/mol. The summed E-state index contributed by atoms with van der Waals surface area (Å²) in [5, 5.41) is 20.8. The topological polar surface area (TPSA) is 93.4 Å². The lowest BCUT2D eigenvalue weighted by Crippen LogP contribution is -2.51. The van der Waals surface area contributed by atoms with Gasteiger partial charge in [-0.3, -0.25) is 4.79 Å². The Hall–Kier alpha value is -1.77. The molecule has 1 fully saturated rings. The zero-order valence-corrected chi connectivity index (χ0v) is 11.6. The van der Waals surface area contributed by atoms with Crippen molar-refractivity contribution in [2.75, 3.05) is 13.6 Å². The van der Waals surface area contributed by atoms with Gasteiger partial charge in [0.05, 0.1) is 17.4 Å². The van der Waals surface area contributed by atoms with Crippen molar-refractivity contribution < 1.29 is 14.7 Å². The first-order chi connectivity index (χ1) is 8.81. The molecule has 106 valence electrons. The van der Waals surface area contributed by atoms with Gasteiger partial charge in [-0.25, -0.2) is 4.79 Å². The smallest absolute Gasteiger partial charge is 0.317 e. The molecule has 2 N–H and O–H groups in total. The van der Waals surface area contributed by atoms with Crippen LogP contribution in [0.1, 0.15) is 33.1 Å². The fourth-order valence-corrected chi connectivity index (χ4v) is 2.45. The Labute approximate surface area is 113 Å². The van der Waals surface area contributed by atoms with Gasteiger partial charge in [-0.15, -0.1) is 0 Å². The first-order valence-electron chi connectivity index (χ1n) is 6.46. The Morgan fingerprint density at radius 2 is 2.26 bits per heavy atom. The second-order valence-electron chi connectivity index (χ2n) is 5.53. The lowest BCUT2D eigenvalue weighted by molar-refractivity contribution is -0.148. The molecule has 3 unspecified atom stereocenters. The maximum atomic E-state index is 12.0. The zero-order chi connectivity index (χ0) is 14.6. The van der Waals surface area contributed by atoms with E-state index in [-0.39, 0.29) is 18.0 Å². The molecular formula is C13H21N3O3. The molecule has 1 aliphatic rings. The summed E-state index contributed by atoms with van der Waals surface area (Å²) in [4.78, 5) is 24.7. The molecule has 3 atom stereocenters. The molecule has 1 rings (SSSR count). The molecule has 1 aliphatic carbocycles. The van der Waals surface area contributed by atoms with Crippen LogP contribution in [0.2, 0.25) is 0 Å². The number of aliphatic carboxylic acids is 1. The predicted molar refractivity (Wildman–Crippen MR) is 69.3 cm³/mol. The number of urea groups is 1. The number of hydrogen-bond donors (Lipinski definition) is 2. The average molecular weight is 267 g/mol. The minimum absolute atomic E-state index is 0.245. The van der Waals surface area contributed by atoms with Gasteiger partial charge in [0, 0.05) is 19.6 Å². The normalized spacial score (nSPS) is 27.4. The molecule has 0 aliphatic heterocycles. The second kappa shape index (κ2) is 5.91. The van der Waals surface area contributed by atoms with Gasteiger partial charge >= 0.3 is 12.0 Å². The lowest BCUT2D eigenvalue weighted by atomic mass is 9.85. The third-order valence-electron chi connectivity index (χ3n) is 3.86. The van der Waals surface area contributed by atoms with E-state index < -0.39 is 11.4 Å². The van der Waals surface area contributed by atoms with E-state index in [1.165, 1.54) is 4.90 Å². The standard InChI is InChI=1S/C13H21N3O3/c1-9(7-14)8-16(3)12(19)15-10-5-4-6-13(10,2)11(17)18/h9-10H,4-6,8H2,1-3H3,(H,15,19)(H,17,18). The molecule has 0 radical (unpaired) electrons. The molecule has 6 nitrogen and oxygen atoms in total. The van der Waals surface area contributed by atoms with E-state index in [1.54, 1.807) is 20.9 Å². The summed E-state index contributed by atoms with van der Waals surface area (Å²) >= 11 is 0. The molecule has 6 heteroatoms. The summed E-state index contributed by atoms with van der Waals surface area (Å²) in [6.45, 7) is 3.74. The molecule has 2 amide bonds. The molecule has 0 aromatic carbocycles. The zero-order valence-electron chi connectivity index (χ0n) is 11.6. The van der Waals surface area contributed by atoms with Gasteiger partial charge in [0.25, 0.3) is 0 Å². The van der Waals surface area contributed by atoms with Gasteiger partial charge in [0.15, 0.2) is 0 Å². The number of nitriles is 1. The summed E-state index contributed by atoms with van der Waals surface area (Å²) in [7, 11) is 1.61. The van der Waals surface area contributed by atoms with Gasteiger partial charge in [-0.1, -0.05) is 6.42 Å². The highest BCUT2D eigenvalue weighted by Crippen LogP contribution is 2.38. The molecule has 0 spiro atoms. The fraction of sp³-hybridized carbons (Fsp3) is 0.769. The molecule has 1 saturated carbocycles. The van der Waals surface area contributed by atoms with E-state index in [0.717, 1.165) is 6.42 Å². The Kier molecular flexibility index (Phi) is 4.76. The number of nitrogens with one attached hydrogen (secondary N) is 1. The van der Waals surface area contributed by atoms with Crippen LogP contribution in [0.25, 0.3) is 0 Å². The summed E-state index contributed by atoms with van der Waals surface area (Å²) in [5.74, 6) is -1.12. The Balaban J connectivity index is 2.62. The number of carbonyl (C=O) groups excluding carboxylic acids is 1. The van der Waals surface area contributed by atoms with Crippen molar-refractivity contribution >= 4 is 12.0 Å². The van der Waals surface area contributed by atoms with Gasteiger partial charge in [-0.05, 0) is 26.7 Å². The van der Waals surface area contributed by atoms with E-state index in [0.29, 0.717) is 19.4 Å². The number of carboxylic acids is 1. The number of carbonyl (C=O) groups is 2. The van der Waals surface area contributed by atoms with Crippen molar-refractivity contribution in [1.82, 2.24) is 10.2 Å². The third-order valence-corrected chi connectivity index (χ3v) is 3.86. The van der Waals surface area contributed by atoms with Crippen LogP contribution >= 0.6 is 0 Å². The van der Waals surface area contributed by atoms with Crippen LogP contribution in [0, 0.1) is 22.7 Å². The highest BCUT2D eigenvalue weighted by Gasteiger charge is 2.46. The second-order valence-corrected chi connectivity index (χ2v) is 5.53. The van der Waals surface area contributed by atoms with Crippen LogP contribution in [0.5, 0.6) is 0 Å². The van der Waals surface area contributed by atoms with Crippen molar-refractivity contribution in [3.63, 3.8) is 0 Å². The summed E-state index contributed by atoms with van der Waals surface area (Å²) in [6.07, 6.45) is 2.05. The van der Waals surface area contributed by atoms with Crippen LogP contribution in [0.4, 0.5) is 4.79 Å². The van der Waals surface area contributed by atoms with Crippen molar-refractivity contribution in [1.29, 1.82) is 5.26 Å². The largest absolute Gasteiger partial charge is 0.481 e. The Morgan fingerprint density at radius 1 is 1.63 bits per heavy atom. The molecule has 19 heavy (non-hydrogen) atoms. The highest BCUT2D eigenvalue weighted by atomic mass is 16.4. The van der Waals surface area contributed by atoms with Gasteiger partial charge in [0.1, 0.15) is 0 Å². The van der Waals surface area contributed by atoms with Crippen LogP contribution in [0.15, 0.2) is 0 Å².